The fourth-order valence-corrected chi connectivity index (χ4v) is 13.9. The topological polar surface area (TPSA) is 38.7 Å². The second-order valence-electron chi connectivity index (χ2n) is 22.6. The highest BCUT2D eigenvalue weighted by Gasteiger charge is 2.40. The molecule has 6 aliphatic rings. The van der Waals surface area contributed by atoms with E-state index in [1.165, 1.54) is 137 Å². The molecule has 0 amide bonds. The van der Waals surface area contributed by atoms with Gasteiger partial charge in [-0.1, -0.05) is 200 Å². The molecule has 80 heavy (non-hydrogen) atoms. The van der Waals surface area contributed by atoms with Gasteiger partial charge >= 0.3 is 0 Å². The van der Waals surface area contributed by atoms with Crippen LogP contribution in [-0.4, -0.2) is 15.0 Å². The Balaban J connectivity index is 0.806. The first-order chi connectivity index (χ1) is 39.6. The van der Waals surface area contributed by atoms with E-state index in [-0.39, 0.29) is 0 Å². The molecule has 2 fully saturated rings. The van der Waals surface area contributed by atoms with Crippen molar-refractivity contribution in [3.05, 3.63) is 283 Å². The van der Waals surface area contributed by atoms with E-state index in [1.54, 1.807) is 0 Å². The zero-order valence-corrected chi connectivity index (χ0v) is 44.3. The van der Waals surface area contributed by atoms with Crippen molar-refractivity contribution in [3.8, 4) is 123 Å². The number of benzene rings is 9. The molecule has 0 unspecified atom stereocenters. The first-order valence-corrected chi connectivity index (χ1v) is 28.5. The number of aromatic nitrogens is 3. The molecule has 0 spiro atoms. The van der Waals surface area contributed by atoms with Crippen molar-refractivity contribution in [2.75, 3.05) is 0 Å². The normalized spacial score (nSPS) is 17.1. The van der Waals surface area contributed by atoms with Crippen molar-refractivity contribution in [2.45, 2.75) is 49.4 Å². The van der Waals surface area contributed by atoms with Gasteiger partial charge in [-0.3, -0.25) is 15.0 Å². The molecule has 2 saturated carbocycles. The maximum Gasteiger partial charge on any atom is 0.0739 e. The van der Waals surface area contributed by atoms with Crippen LogP contribution >= 0.6 is 0 Å². The van der Waals surface area contributed by atoms with Crippen molar-refractivity contribution in [1.82, 2.24) is 15.0 Å². The standard InChI is InChI=1S/C77H55N3/c1-2-12-48(13-3-1)49-22-24-50(25-23-49)53-34-37-78-75(47-53)52-28-26-51(27-29-52)63-14-4-7-17-66(63)56-38-57(67-18-8-5-15-64(67)54-30-32-71-73(45-54)61-41-59(42-61)69-20-10-35-79-76(69)71)40-58(39-56)68-19-9-6-16-65(68)55-31-33-72-74(46-55)62-43-60(44-62)70-21-11-36-80-77(70)72/h1-40,45-47,59-62H,41-44H2. The molecule has 12 aromatic rings. The third kappa shape index (κ3) is 7.98. The van der Waals surface area contributed by atoms with Gasteiger partial charge in [-0.25, -0.2) is 0 Å². The Morgan fingerprint density at radius 3 is 1.07 bits per heavy atom. The second kappa shape index (κ2) is 19.1. The summed E-state index contributed by atoms with van der Waals surface area (Å²) in [5.74, 6) is 2.27. The minimum absolute atomic E-state index is 0.544. The van der Waals surface area contributed by atoms with E-state index in [2.05, 4.69) is 243 Å². The lowest BCUT2D eigenvalue weighted by molar-refractivity contribution is 0.357. The van der Waals surface area contributed by atoms with Crippen LogP contribution in [0, 0.1) is 0 Å². The quantitative estimate of drug-likeness (QED) is 0.145. The van der Waals surface area contributed by atoms with Crippen molar-refractivity contribution < 1.29 is 0 Å². The molecule has 0 atom stereocenters. The smallest absolute Gasteiger partial charge is 0.0739 e. The highest BCUT2D eigenvalue weighted by atomic mass is 14.7. The average Bonchev–Trinajstić information content (AvgIpc) is 3.96. The third-order valence-electron chi connectivity index (χ3n) is 18.2. The number of hydrogen-bond acceptors (Lipinski definition) is 3. The molecule has 9 aromatic carbocycles. The summed E-state index contributed by atoms with van der Waals surface area (Å²) in [4.78, 5) is 14.8. The first kappa shape index (κ1) is 46.5. The Morgan fingerprint density at radius 1 is 0.212 bits per heavy atom. The molecule has 0 saturated heterocycles. The summed E-state index contributed by atoms with van der Waals surface area (Å²) in [7, 11) is 0. The maximum absolute atomic E-state index is 4.98. The van der Waals surface area contributed by atoms with Crippen LogP contribution in [0.15, 0.2) is 261 Å². The molecule has 0 radical (unpaired) electrons. The summed E-state index contributed by atoms with van der Waals surface area (Å²) in [5, 5.41) is 0. The van der Waals surface area contributed by atoms with Crippen molar-refractivity contribution in [2.24, 2.45) is 0 Å². The lowest BCUT2D eigenvalue weighted by atomic mass is 9.70. The van der Waals surface area contributed by atoms with Crippen LogP contribution in [0.1, 0.15) is 71.6 Å². The summed E-state index contributed by atoms with van der Waals surface area (Å²) < 4.78 is 0. The van der Waals surface area contributed by atoms with Crippen LogP contribution in [0.3, 0.4) is 0 Å². The Hall–Kier alpha value is -9.57. The van der Waals surface area contributed by atoms with Gasteiger partial charge in [-0.2, -0.15) is 0 Å². The van der Waals surface area contributed by atoms with Crippen LogP contribution in [0.25, 0.3) is 123 Å². The lowest BCUT2D eigenvalue weighted by Gasteiger charge is -2.34. The van der Waals surface area contributed by atoms with E-state index >= 15 is 0 Å². The molecule has 18 rings (SSSR count). The predicted octanol–water partition coefficient (Wildman–Crippen LogP) is 20.2. The van der Waals surface area contributed by atoms with Crippen LogP contribution in [0.2, 0.25) is 0 Å². The fourth-order valence-electron chi connectivity index (χ4n) is 13.9. The van der Waals surface area contributed by atoms with Gasteiger partial charge in [-0.15, -0.1) is 0 Å². The molecule has 6 aliphatic carbocycles. The Morgan fingerprint density at radius 2 is 0.588 bits per heavy atom. The van der Waals surface area contributed by atoms with Crippen molar-refractivity contribution in [1.29, 1.82) is 0 Å². The Labute approximate surface area is 468 Å². The molecular weight excluding hydrogens is 967 g/mol. The van der Waals surface area contributed by atoms with Gasteiger partial charge in [0.25, 0.3) is 0 Å². The number of nitrogens with zero attached hydrogens (tertiary/aromatic N) is 3. The van der Waals surface area contributed by atoms with E-state index in [4.69, 9.17) is 15.0 Å². The van der Waals surface area contributed by atoms with Crippen LogP contribution in [0.4, 0.5) is 0 Å². The maximum atomic E-state index is 4.98. The Bertz CT molecular complexity index is 4200. The summed E-state index contributed by atoms with van der Waals surface area (Å²) >= 11 is 0. The van der Waals surface area contributed by atoms with Gasteiger partial charge in [0.05, 0.1) is 17.1 Å². The van der Waals surface area contributed by atoms with Gasteiger partial charge in [0.2, 0.25) is 0 Å². The van der Waals surface area contributed by atoms with Crippen LogP contribution < -0.4 is 0 Å². The fraction of sp³-hybridized carbons (Fsp3) is 0.104. The SMILES string of the molecule is c1ccc(-c2ccc(-c3ccnc(-c4ccc(-c5ccccc5-c5cc(-c6ccccc6-c6ccc7c(c6)C6CC(C6)c6cccnc6-7)cc(-c6ccccc6-c6ccc7c(c6)C6CC(C6)c6cccnc6-7)c5)cc4)c3)cc2)cc1. The van der Waals surface area contributed by atoms with Gasteiger partial charge in [0.1, 0.15) is 0 Å². The average molecular weight is 1020 g/mol. The molecule has 4 bridgehead atoms. The molecule has 0 aliphatic heterocycles. The molecule has 3 aromatic heterocycles. The molecule has 0 N–H and O–H groups in total. The highest BCUT2D eigenvalue weighted by Crippen LogP contribution is 2.57. The highest BCUT2D eigenvalue weighted by molar-refractivity contribution is 5.95. The van der Waals surface area contributed by atoms with E-state index in [9.17, 15) is 0 Å². The zero-order chi connectivity index (χ0) is 52.7. The van der Waals surface area contributed by atoms with E-state index < -0.39 is 0 Å². The zero-order valence-electron chi connectivity index (χ0n) is 44.3. The predicted molar refractivity (Wildman–Crippen MR) is 329 cm³/mol. The van der Waals surface area contributed by atoms with Gasteiger partial charge < -0.3 is 0 Å². The summed E-state index contributed by atoms with van der Waals surface area (Å²) in [6.45, 7) is 0. The molecule has 3 nitrogen and oxygen atoms in total. The largest absolute Gasteiger partial charge is 0.256 e. The number of rotatable bonds is 9. The second-order valence-corrected chi connectivity index (χ2v) is 22.6. The van der Waals surface area contributed by atoms with Gasteiger partial charge in [0, 0.05) is 35.3 Å². The monoisotopic (exact) mass is 1020 g/mol. The van der Waals surface area contributed by atoms with Crippen molar-refractivity contribution >= 4 is 0 Å². The van der Waals surface area contributed by atoms with E-state index in [0.717, 1.165) is 33.8 Å². The first-order valence-electron chi connectivity index (χ1n) is 28.5. The summed E-state index contributed by atoms with van der Waals surface area (Å²) in [6.07, 6.45) is 10.6. The molecule has 3 heteroatoms. The van der Waals surface area contributed by atoms with E-state index in [1.807, 2.05) is 18.6 Å². The summed E-state index contributed by atoms with van der Waals surface area (Å²) in [5.41, 5.74) is 31.8. The van der Waals surface area contributed by atoms with Gasteiger partial charge in [-0.05, 0) is 203 Å². The molecule has 378 valence electrons. The number of hydrogen-bond donors (Lipinski definition) is 0. The minimum Gasteiger partial charge on any atom is -0.256 e. The van der Waals surface area contributed by atoms with Crippen molar-refractivity contribution in [3.63, 3.8) is 0 Å². The van der Waals surface area contributed by atoms with E-state index in [0.29, 0.717) is 23.7 Å². The third-order valence-corrected chi connectivity index (χ3v) is 18.2. The van der Waals surface area contributed by atoms with Gasteiger partial charge in [0.15, 0.2) is 0 Å². The number of pyridine rings is 3. The van der Waals surface area contributed by atoms with Crippen LogP contribution in [-0.2, 0) is 0 Å². The minimum atomic E-state index is 0.544. The molecular formula is C77H55N3. The molecule has 3 heterocycles. The van der Waals surface area contributed by atoms with Crippen LogP contribution in [0.5, 0.6) is 0 Å². The summed E-state index contributed by atoms with van der Waals surface area (Å²) in [6, 6.07) is 90.2. The lowest BCUT2D eigenvalue weighted by Crippen LogP contribution is -2.18. The Kier molecular flexibility index (Phi) is 11.1.